The lowest BCUT2D eigenvalue weighted by Crippen LogP contribution is -2.33. The maximum atomic E-state index is 11.5. The molecule has 0 unspecified atom stereocenters. The maximum absolute atomic E-state index is 11.5. The molecule has 0 aliphatic carbocycles. The Labute approximate surface area is 116 Å². The molecule has 0 atom stereocenters. The first kappa shape index (κ1) is 15.4. The number of hydrogen-bond donors (Lipinski definition) is 1. The zero-order chi connectivity index (χ0) is 14.8. The van der Waals surface area contributed by atoms with Gasteiger partial charge >= 0.3 is 5.97 Å². The molecule has 8 nitrogen and oxygen atoms in total. The van der Waals surface area contributed by atoms with Gasteiger partial charge in [-0.15, -0.1) is 0 Å². The fourth-order valence-corrected chi connectivity index (χ4v) is 1.25. The Bertz CT molecular complexity index is 486. The molecule has 0 aliphatic rings. The SMILES string of the molecule is CN(CC(=O)OCC(=O)NCCC#N)c1ncccn1. The van der Waals surface area contributed by atoms with Crippen LogP contribution in [0.1, 0.15) is 6.42 Å². The minimum Gasteiger partial charge on any atom is -0.454 e. The minimum atomic E-state index is -0.560. The number of aromatic nitrogens is 2. The molecule has 1 heterocycles. The van der Waals surface area contributed by atoms with Gasteiger partial charge in [-0.3, -0.25) is 9.59 Å². The molecule has 0 spiro atoms. The zero-order valence-corrected chi connectivity index (χ0v) is 11.1. The molecule has 1 aromatic rings. The van der Waals surface area contributed by atoms with Gasteiger partial charge in [0.05, 0.1) is 12.5 Å². The van der Waals surface area contributed by atoms with Crippen molar-refractivity contribution in [3.63, 3.8) is 0 Å². The number of anilines is 1. The molecule has 0 bridgehead atoms. The summed E-state index contributed by atoms with van der Waals surface area (Å²) in [4.78, 5) is 32.2. The van der Waals surface area contributed by atoms with Crippen LogP contribution in [0, 0.1) is 11.3 Å². The van der Waals surface area contributed by atoms with E-state index in [4.69, 9.17) is 10.00 Å². The van der Waals surface area contributed by atoms with Crippen molar-refractivity contribution in [3.8, 4) is 6.07 Å². The molecule has 0 aromatic carbocycles. The highest BCUT2D eigenvalue weighted by molar-refractivity contribution is 5.81. The van der Waals surface area contributed by atoms with E-state index in [1.807, 2.05) is 6.07 Å². The fraction of sp³-hybridized carbons (Fsp3) is 0.417. The maximum Gasteiger partial charge on any atom is 0.326 e. The first-order valence-electron chi connectivity index (χ1n) is 5.91. The monoisotopic (exact) mass is 277 g/mol. The topological polar surface area (TPSA) is 108 Å². The number of nitriles is 1. The van der Waals surface area contributed by atoms with Crippen LogP contribution in [0.4, 0.5) is 5.95 Å². The van der Waals surface area contributed by atoms with E-state index in [1.165, 1.54) is 4.90 Å². The summed E-state index contributed by atoms with van der Waals surface area (Å²) in [6.07, 6.45) is 3.34. The molecule has 0 aliphatic heterocycles. The lowest BCUT2D eigenvalue weighted by Gasteiger charge is -2.15. The highest BCUT2D eigenvalue weighted by Gasteiger charge is 2.12. The van der Waals surface area contributed by atoms with Crippen LogP contribution < -0.4 is 10.2 Å². The summed E-state index contributed by atoms with van der Waals surface area (Å²) < 4.78 is 4.80. The number of amides is 1. The van der Waals surface area contributed by atoms with Gasteiger partial charge < -0.3 is 15.0 Å². The van der Waals surface area contributed by atoms with Crippen LogP contribution in [-0.2, 0) is 14.3 Å². The highest BCUT2D eigenvalue weighted by Crippen LogP contribution is 2.01. The second-order valence-corrected chi connectivity index (χ2v) is 3.82. The molecule has 106 valence electrons. The molecule has 1 N–H and O–H groups in total. The van der Waals surface area contributed by atoms with E-state index in [0.717, 1.165) is 0 Å². The molecule has 0 fully saturated rings. The van der Waals surface area contributed by atoms with Crippen molar-refractivity contribution in [1.82, 2.24) is 15.3 Å². The summed E-state index contributed by atoms with van der Waals surface area (Å²) in [7, 11) is 1.64. The number of esters is 1. The number of nitrogens with zero attached hydrogens (tertiary/aromatic N) is 4. The Morgan fingerprint density at radius 2 is 2.15 bits per heavy atom. The van der Waals surface area contributed by atoms with Crippen molar-refractivity contribution >= 4 is 17.8 Å². The third kappa shape index (κ3) is 5.77. The van der Waals surface area contributed by atoms with Gasteiger partial charge in [0, 0.05) is 26.0 Å². The summed E-state index contributed by atoms with van der Waals surface area (Å²) in [6, 6.07) is 3.56. The molecule has 1 aromatic heterocycles. The normalized spacial score (nSPS) is 9.40. The Morgan fingerprint density at radius 3 is 2.80 bits per heavy atom. The molecule has 8 heteroatoms. The van der Waals surface area contributed by atoms with Gasteiger partial charge in [0.25, 0.3) is 5.91 Å². The molecular weight excluding hydrogens is 262 g/mol. The number of carbonyl (C=O) groups is 2. The van der Waals surface area contributed by atoms with E-state index in [-0.39, 0.29) is 26.1 Å². The van der Waals surface area contributed by atoms with Gasteiger partial charge in [-0.1, -0.05) is 0 Å². The van der Waals surface area contributed by atoms with Gasteiger partial charge in [-0.2, -0.15) is 5.26 Å². The van der Waals surface area contributed by atoms with Crippen molar-refractivity contribution < 1.29 is 14.3 Å². The van der Waals surface area contributed by atoms with Crippen molar-refractivity contribution in [2.24, 2.45) is 0 Å². The number of ether oxygens (including phenoxy) is 1. The quantitative estimate of drug-likeness (QED) is 0.528. The number of hydrogen-bond acceptors (Lipinski definition) is 7. The van der Waals surface area contributed by atoms with Crippen molar-refractivity contribution in [2.75, 3.05) is 31.6 Å². The van der Waals surface area contributed by atoms with Crippen LogP contribution in [0.3, 0.4) is 0 Å². The average molecular weight is 277 g/mol. The van der Waals surface area contributed by atoms with Crippen LogP contribution in [0.15, 0.2) is 18.5 Å². The summed E-state index contributed by atoms with van der Waals surface area (Å²) in [5, 5.41) is 10.7. The first-order chi connectivity index (χ1) is 9.63. The van der Waals surface area contributed by atoms with E-state index in [9.17, 15) is 9.59 Å². The predicted octanol–water partition coefficient (Wildman–Crippen LogP) is -0.514. The molecule has 20 heavy (non-hydrogen) atoms. The van der Waals surface area contributed by atoms with E-state index in [1.54, 1.807) is 25.5 Å². The Morgan fingerprint density at radius 1 is 1.45 bits per heavy atom. The minimum absolute atomic E-state index is 0.0600. The summed E-state index contributed by atoms with van der Waals surface area (Å²) in [6.45, 7) is -0.187. The van der Waals surface area contributed by atoms with Gasteiger partial charge in [0.15, 0.2) is 6.61 Å². The largest absolute Gasteiger partial charge is 0.454 e. The summed E-state index contributed by atoms with van der Waals surface area (Å²) >= 11 is 0. The molecule has 1 amide bonds. The number of nitrogens with one attached hydrogen (secondary N) is 1. The van der Waals surface area contributed by atoms with Gasteiger partial charge in [0.2, 0.25) is 5.95 Å². The molecule has 0 saturated heterocycles. The molecular formula is C12H15N5O3. The highest BCUT2D eigenvalue weighted by atomic mass is 16.5. The van der Waals surface area contributed by atoms with Crippen molar-refractivity contribution in [3.05, 3.63) is 18.5 Å². The Hall–Kier alpha value is -2.69. The van der Waals surface area contributed by atoms with Crippen LogP contribution in [0.5, 0.6) is 0 Å². The van der Waals surface area contributed by atoms with E-state index >= 15 is 0 Å². The fourth-order valence-electron chi connectivity index (χ4n) is 1.25. The summed E-state index contributed by atoms with van der Waals surface area (Å²) in [5.74, 6) is -0.606. The van der Waals surface area contributed by atoms with Crippen LogP contribution in [0.25, 0.3) is 0 Å². The smallest absolute Gasteiger partial charge is 0.326 e. The second kappa shape index (κ2) is 8.42. The van der Waals surface area contributed by atoms with Crippen LogP contribution in [-0.4, -0.2) is 48.6 Å². The zero-order valence-electron chi connectivity index (χ0n) is 11.1. The van der Waals surface area contributed by atoms with E-state index in [2.05, 4.69) is 15.3 Å². The van der Waals surface area contributed by atoms with Gasteiger partial charge in [-0.05, 0) is 6.07 Å². The average Bonchev–Trinajstić information content (AvgIpc) is 2.46. The standard InChI is InChI=1S/C12H15N5O3/c1-17(12-15-6-3-7-16-12)8-11(19)20-9-10(18)14-5-2-4-13/h3,6-7H,2,5,8-9H2,1H3,(H,14,18). The van der Waals surface area contributed by atoms with E-state index < -0.39 is 11.9 Å². The molecule has 0 radical (unpaired) electrons. The number of likely N-dealkylation sites (N-methyl/N-ethyl adjacent to an activating group) is 1. The van der Waals surface area contributed by atoms with Crippen molar-refractivity contribution in [2.45, 2.75) is 6.42 Å². The Balaban J connectivity index is 2.27. The third-order valence-corrected chi connectivity index (χ3v) is 2.18. The van der Waals surface area contributed by atoms with Crippen LogP contribution in [0.2, 0.25) is 0 Å². The van der Waals surface area contributed by atoms with E-state index in [0.29, 0.717) is 5.95 Å². The summed E-state index contributed by atoms with van der Waals surface area (Å²) in [5.41, 5.74) is 0. The second-order valence-electron chi connectivity index (χ2n) is 3.82. The lowest BCUT2D eigenvalue weighted by atomic mass is 10.4. The molecule has 0 saturated carbocycles. The van der Waals surface area contributed by atoms with Gasteiger partial charge in [-0.25, -0.2) is 9.97 Å². The van der Waals surface area contributed by atoms with Crippen molar-refractivity contribution in [1.29, 1.82) is 5.26 Å². The number of carbonyl (C=O) groups excluding carboxylic acids is 2. The third-order valence-electron chi connectivity index (χ3n) is 2.18. The number of rotatable bonds is 7. The lowest BCUT2D eigenvalue weighted by molar-refractivity contribution is -0.147. The van der Waals surface area contributed by atoms with Gasteiger partial charge in [0.1, 0.15) is 6.54 Å². The Kier molecular flexibility index (Phi) is 6.47. The molecule has 1 rings (SSSR count). The predicted molar refractivity (Wildman–Crippen MR) is 69.5 cm³/mol. The van der Waals surface area contributed by atoms with Crippen LogP contribution >= 0.6 is 0 Å². The first-order valence-corrected chi connectivity index (χ1v) is 5.91.